The molecular formula is C14H28N2O2. The molecule has 1 rings (SSSR count). The van der Waals surface area contributed by atoms with Gasteiger partial charge in [0.2, 0.25) is 5.91 Å². The first-order valence-corrected chi connectivity index (χ1v) is 7.14. The molecule has 0 bridgehead atoms. The Kier molecular flexibility index (Phi) is 6.09. The first-order chi connectivity index (χ1) is 8.49. The largest absolute Gasteiger partial charge is 0.391 e. The van der Waals surface area contributed by atoms with E-state index in [9.17, 15) is 9.90 Å². The molecule has 0 radical (unpaired) electrons. The number of aliphatic hydroxyl groups excluding tert-OH is 1. The molecule has 0 aromatic heterocycles. The van der Waals surface area contributed by atoms with E-state index in [1.54, 1.807) is 0 Å². The maximum absolute atomic E-state index is 11.9. The van der Waals surface area contributed by atoms with Gasteiger partial charge in [-0.05, 0) is 30.7 Å². The lowest BCUT2D eigenvalue weighted by Crippen LogP contribution is -2.41. The summed E-state index contributed by atoms with van der Waals surface area (Å²) in [7, 11) is 0. The summed E-state index contributed by atoms with van der Waals surface area (Å²) in [4.78, 5) is 11.9. The highest BCUT2D eigenvalue weighted by Crippen LogP contribution is 2.38. The van der Waals surface area contributed by atoms with Crippen LogP contribution in [-0.4, -0.2) is 30.2 Å². The van der Waals surface area contributed by atoms with Gasteiger partial charge in [-0.25, -0.2) is 0 Å². The highest BCUT2D eigenvalue weighted by molar-refractivity contribution is 5.76. The Morgan fingerprint density at radius 1 is 1.33 bits per heavy atom. The summed E-state index contributed by atoms with van der Waals surface area (Å²) in [6, 6.07) is 0. The van der Waals surface area contributed by atoms with Crippen LogP contribution in [0.5, 0.6) is 0 Å². The zero-order chi connectivity index (χ0) is 13.6. The first kappa shape index (κ1) is 15.4. The molecule has 1 aliphatic rings. The molecule has 4 nitrogen and oxygen atoms in total. The summed E-state index contributed by atoms with van der Waals surface area (Å²) in [6.07, 6.45) is 5.78. The summed E-state index contributed by atoms with van der Waals surface area (Å²) in [5.41, 5.74) is 5.87. The Morgan fingerprint density at radius 3 is 2.44 bits per heavy atom. The van der Waals surface area contributed by atoms with Gasteiger partial charge in [0.1, 0.15) is 0 Å². The maximum Gasteiger partial charge on any atom is 0.220 e. The second-order valence-electron chi connectivity index (χ2n) is 6.06. The summed E-state index contributed by atoms with van der Waals surface area (Å²) in [5.74, 6) is 0.200. The minimum atomic E-state index is -0.464. The number of nitrogens with one attached hydrogen (secondary N) is 1. The Balaban J connectivity index is 2.38. The predicted molar refractivity (Wildman–Crippen MR) is 73.0 cm³/mol. The van der Waals surface area contributed by atoms with E-state index in [4.69, 9.17) is 5.73 Å². The van der Waals surface area contributed by atoms with E-state index in [2.05, 4.69) is 5.32 Å². The third-order valence-electron chi connectivity index (χ3n) is 4.16. The third-order valence-corrected chi connectivity index (χ3v) is 4.16. The summed E-state index contributed by atoms with van der Waals surface area (Å²) < 4.78 is 0. The number of hydrogen-bond donors (Lipinski definition) is 3. The van der Waals surface area contributed by atoms with Crippen molar-refractivity contribution in [3.8, 4) is 0 Å². The molecule has 1 amide bonds. The molecule has 0 spiro atoms. The number of rotatable bonds is 6. The fourth-order valence-electron chi connectivity index (χ4n) is 2.61. The van der Waals surface area contributed by atoms with Crippen molar-refractivity contribution in [1.82, 2.24) is 5.32 Å². The number of aliphatic hydroxyl groups is 1. The van der Waals surface area contributed by atoms with Crippen molar-refractivity contribution in [2.24, 2.45) is 17.1 Å². The molecule has 1 fully saturated rings. The quantitative estimate of drug-likeness (QED) is 0.673. The summed E-state index contributed by atoms with van der Waals surface area (Å²) >= 11 is 0. The Bertz CT molecular complexity index is 261. The lowest BCUT2D eigenvalue weighted by molar-refractivity contribution is -0.124. The van der Waals surface area contributed by atoms with Gasteiger partial charge in [-0.1, -0.05) is 33.1 Å². The van der Waals surface area contributed by atoms with Crippen LogP contribution in [0.1, 0.15) is 52.4 Å². The van der Waals surface area contributed by atoms with Crippen LogP contribution in [0.25, 0.3) is 0 Å². The van der Waals surface area contributed by atoms with Gasteiger partial charge < -0.3 is 16.2 Å². The van der Waals surface area contributed by atoms with E-state index >= 15 is 0 Å². The lowest BCUT2D eigenvalue weighted by atomic mass is 9.71. The fourth-order valence-corrected chi connectivity index (χ4v) is 2.61. The molecule has 0 saturated heterocycles. The Labute approximate surface area is 110 Å². The molecule has 0 heterocycles. The SMILES string of the molecule is CC(C)C(O)CNC(=O)CC1(CN)CCCCC1. The minimum absolute atomic E-state index is 0.00508. The molecule has 1 aliphatic carbocycles. The van der Waals surface area contributed by atoms with Crippen LogP contribution in [0, 0.1) is 11.3 Å². The zero-order valence-electron chi connectivity index (χ0n) is 11.7. The van der Waals surface area contributed by atoms with Crippen molar-refractivity contribution >= 4 is 5.91 Å². The highest BCUT2D eigenvalue weighted by Gasteiger charge is 2.32. The topological polar surface area (TPSA) is 75.3 Å². The molecule has 0 aliphatic heterocycles. The second kappa shape index (κ2) is 7.10. The fraction of sp³-hybridized carbons (Fsp3) is 0.929. The number of hydrogen-bond acceptors (Lipinski definition) is 3. The molecule has 4 heteroatoms. The summed E-state index contributed by atoms with van der Waals surface area (Å²) in [5, 5.41) is 12.5. The average Bonchev–Trinajstić information content (AvgIpc) is 2.36. The lowest BCUT2D eigenvalue weighted by Gasteiger charge is -2.35. The Morgan fingerprint density at radius 2 is 1.94 bits per heavy atom. The van der Waals surface area contributed by atoms with Gasteiger partial charge in [-0.3, -0.25) is 4.79 Å². The number of carbonyl (C=O) groups is 1. The van der Waals surface area contributed by atoms with Crippen LogP contribution in [0.2, 0.25) is 0 Å². The van der Waals surface area contributed by atoms with Crippen LogP contribution < -0.4 is 11.1 Å². The molecule has 4 N–H and O–H groups in total. The van der Waals surface area contributed by atoms with Crippen molar-refractivity contribution in [2.75, 3.05) is 13.1 Å². The number of amides is 1. The van der Waals surface area contributed by atoms with Gasteiger partial charge in [0, 0.05) is 13.0 Å². The maximum atomic E-state index is 11.9. The minimum Gasteiger partial charge on any atom is -0.391 e. The van der Waals surface area contributed by atoms with E-state index in [1.807, 2.05) is 13.8 Å². The molecule has 1 saturated carbocycles. The zero-order valence-corrected chi connectivity index (χ0v) is 11.7. The second-order valence-corrected chi connectivity index (χ2v) is 6.06. The van der Waals surface area contributed by atoms with Crippen LogP contribution in [0.4, 0.5) is 0 Å². The van der Waals surface area contributed by atoms with Crippen molar-refractivity contribution < 1.29 is 9.90 Å². The van der Waals surface area contributed by atoms with Gasteiger partial charge >= 0.3 is 0 Å². The van der Waals surface area contributed by atoms with Gasteiger partial charge in [0.25, 0.3) is 0 Å². The van der Waals surface area contributed by atoms with Crippen LogP contribution in [-0.2, 0) is 4.79 Å². The normalized spacial score (nSPS) is 20.7. The van der Waals surface area contributed by atoms with Crippen molar-refractivity contribution in [2.45, 2.75) is 58.5 Å². The molecular weight excluding hydrogens is 228 g/mol. The predicted octanol–water partition coefficient (Wildman–Crippen LogP) is 1.42. The van der Waals surface area contributed by atoms with Crippen LogP contribution in [0.3, 0.4) is 0 Å². The molecule has 0 aromatic carbocycles. The summed E-state index contributed by atoms with van der Waals surface area (Å²) in [6.45, 7) is 4.82. The smallest absolute Gasteiger partial charge is 0.220 e. The number of carbonyl (C=O) groups excluding carboxylic acids is 1. The van der Waals surface area contributed by atoms with Crippen molar-refractivity contribution in [3.63, 3.8) is 0 Å². The van der Waals surface area contributed by atoms with Crippen molar-refractivity contribution in [3.05, 3.63) is 0 Å². The standard InChI is InChI=1S/C14H28N2O2/c1-11(2)12(17)9-16-13(18)8-14(10-15)6-4-3-5-7-14/h11-12,17H,3-10,15H2,1-2H3,(H,16,18). The van der Waals surface area contributed by atoms with E-state index in [0.29, 0.717) is 19.5 Å². The van der Waals surface area contributed by atoms with E-state index < -0.39 is 6.10 Å². The first-order valence-electron chi connectivity index (χ1n) is 7.14. The third kappa shape index (κ3) is 4.58. The van der Waals surface area contributed by atoms with Crippen LogP contribution in [0.15, 0.2) is 0 Å². The average molecular weight is 256 g/mol. The number of nitrogens with two attached hydrogens (primary N) is 1. The van der Waals surface area contributed by atoms with E-state index in [-0.39, 0.29) is 17.2 Å². The van der Waals surface area contributed by atoms with E-state index in [0.717, 1.165) is 12.8 Å². The van der Waals surface area contributed by atoms with E-state index in [1.165, 1.54) is 19.3 Å². The van der Waals surface area contributed by atoms with Gasteiger partial charge in [-0.15, -0.1) is 0 Å². The van der Waals surface area contributed by atoms with Gasteiger partial charge in [0.15, 0.2) is 0 Å². The molecule has 106 valence electrons. The molecule has 18 heavy (non-hydrogen) atoms. The molecule has 1 atom stereocenters. The molecule has 1 unspecified atom stereocenters. The van der Waals surface area contributed by atoms with Gasteiger partial charge in [-0.2, -0.15) is 0 Å². The highest BCUT2D eigenvalue weighted by atomic mass is 16.3. The monoisotopic (exact) mass is 256 g/mol. The van der Waals surface area contributed by atoms with Crippen LogP contribution >= 0.6 is 0 Å². The van der Waals surface area contributed by atoms with Gasteiger partial charge in [0.05, 0.1) is 6.10 Å². The van der Waals surface area contributed by atoms with Crippen molar-refractivity contribution in [1.29, 1.82) is 0 Å². The molecule has 0 aromatic rings. The Hall–Kier alpha value is -0.610.